The van der Waals surface area contributed by atoms with Crippen LogP contribution in [0.4, 0.5) is 11.4 Å². The zero-order valence-electron chi connectivity index (χ0n) is 10.1. The molecule has 5 nitrogen and oxygen atoms in total. The van der Waals surface area contributed by atoms with E-state index in [0.717, 1.165) is 30.9 Å². The summed E-state index contributed by atoms with van der Waals surface area (Å²) in [5.41, 5.74) is 1.86. The van der Waals surface area contributed by atoms with Crippen molar-refractivity contribution in [3.05, 3.63) is 33.9 Å². The number of rotatable bonds is 4. The Morgan fingerprint density at radius 2 is 2.24 bits per heavy atom. The maximum atomic E-state index is 11.1. The minimum Gasteiger partial charge on any atom is -0.361 e. The fourth-order valence-corrected chi connectivity index (χ4v) is 2.14. The molecule has 17 heavy (non-hydrogen) atoms. The second-order valence-corrected chi connectivity index (χ2v) is 4.35. The highest BCUT2D eigenvalue weighted by atomic mass is 16.6. The average molecular weight is 235 g/mol. The quantitative estimate of drug-likeness (QED) is 0.637. The first-order valence-corrected chi connectivity index (χ1v) is 5.86. The summed E-state index contributed by atoms with van der Waals surface area (Å²) in [5.74, 6) is 0. The molecule has 0 bridgehead atoms. The topological polar surface area (TPSA) is 58.4 Å². The van der Waals surface area contributed by atoms with E-state index < -0.39 is 0 Å². The Kier molecular flexibility index (Phi) is 3.28. The van der Waals surface area contributed by atoms with Crippen molar-refractivity contribution in [3.8, 4) is 0 Å². The van der Waals surface area contributed by atoms with Crippen LogP contribution < -0.4 is 10.2 Å². The van der Waals surface area contributed by atoms with Gasteiger partial charge in [-0.1, -0.05) is 6.07 Å². The Morgan fingerprint density at radius 3 is 2.71 bits per heavy atom. The Labute approximate surface area is 101 Å². The van der Waals surface area contributed by atoms with Gasteiger partial charge >= 0.3 is 0 Å². The summed E-state index contributed by atoms with van der Waals surface area (Å²) >= 11 is 0. The number of nitro groups is 1. The first kappa shape index (κ1) is 11.9. The van der Waals surface area contributed by atoms with Crippen LogP contribution in [0.25, 0.3) is 0 Å². The highest BCUT2D eigenvalue weighted by molar-refractivity contribution is 5.65. The molecule has 1 aliphatic heterocycles. The largest absolute Gasteiger partial charge is 0.361 e. The molecule has 1 aliphatic rings. The van der Waals surface area contributed by atoms with E-state index in [9.17, 15) is 10.1 Å². The lowest BCUT2D eigenvalue weighted by Crippen LogP contribution is -2.57. The summed E-state index contributed by atoms with van der Waals surface area (Å²) in [5, 5.41) is 14.3. The molecule has 1 saturated heterocycles. The highest BCUT2D eigenvalue weighted by Crippen LogP contribution is 2.30. The molecule has 1 heterocycles. The molecule has 0 radical (unpaired) electrons. The van der Waals surface area contributed by atoms with Gasteiger partial charge in [0.05, 0.1) is 11.0 Å². The molecule has 0 aromatic heterocycles. The normalized spacial score (nSPS) is 15.4. The Balaban J connectivity index is 2.38. The number of nitrogens with one attached hydrogen (secondary N) is 1. The van der Waals surface area contributed by atoms with Crippen molar-refractivity contribution in [2.45, 2.75) is 19.9 Å². The van der Waals surface area contributed by atoms with Crippen molar-refractivity contribution >= 4 is 11.4 Å². The summed E-state index contributed by atoms with van der Waals surface area (Å²) < 4.78 is 0. The fourth-order valence-electron chi connectivity index (χ4n) is 2.14. The second-order valence-electron chi connectivity index (χ2n) is 4.35. The SMILES string of the molecule is CCN(c1ccc(C)cc1[N+](=O)[O-])C1CNC1. The molecule has 1 N–H and O–H groups in total. The molecule has 1 fully saturated rings. The fraction of sp³-hybridized carbons (Fsp3) is 0.500. The average Bonchev–Trinajstić information content (AvgIpc) is 2.23. The van der Waals surface area contributed by atoms with Crippen molar-refractivity contribution in [2.24, 2.45) is 0 Å². The Bertz CT molecular complexity index is 430. The number of likely N-dealkylation sites (N-methyl/N-ethyl adjacent to an activating group) is 1. The van der Waals surface area contributed by atoms with Gasteiger partial charge in [0.2, 0.25) is 0 Å². The number of benzene rings is 1. The number of hydrogen-bond donors (Lipinski definition) is 1. The minimum absolute atomic E-state index is 0.207. The first-order chi connectivity index (χ1) is 8.13. The molecule has 0 spiro atoms. The van der Waals surface area contributed by atoms with E-state index >= 15 is 0 Å². The van der Waals surface area contributed by atoms with Crippen LogP contribution in [0.5, 0.6) is 0 Å². The van der Waals surface area contributed by atoms with E-state index in [4.69, 9.17) is 0 Å². The zero-order chi connectivity index (χ0) is 12.4. The van der Waals surface area contributed by atoms with Gasteiger partial charge in [0, 0.05) is 25.7 Å². The Morgan fingerprint density at radius 1 is 1.53 bits per heavy atom. The van der Waals surface area contributed by atoms with Gasteiger partial charge in [-0.3, -0.25) is 10.1 Å². The molecule has 0 amide bonds. The van der Waals surface area contributed by atoms with Crippen LogP contribution in [-0.2, 0) is 0 Å². The molecule has 2 rings (SSSR count). The predicted molar refractivity (Wildman–Crippen MR) is 67.5 cm³/mol. The van der Waals surface area contributed by atoms with E-state index in [0.29, 0.717) is 6.04 Å². The lowest BCUT2D eigenvalue weighted by atomic mass is 10.1. The summed E-state index contributed by atoms with van der Waals surface area (Å²) in [7, 11) is 0. The van der Waals surface area contributed by atoms with Gasteiger partial charge in [0.15, 0.2) is 0 Å². The molecule has 1 aromatic rings. The molecular weight excluding hydrogens is 218 g/mol. The maximum Gasteiger partial charge on any atom is 0.292 e. The molecular formula is C12H17N3O2. The van der Waals surface area contributed by atoms with Crippen LogP contribution in [0.15, 0.2) is 18.2 Å². The van der Waals surface area contributed by atoms with Crippen molar-refractivity contribution in [1.82, 2.24) is 5.32 Å². The lowest BCUT2D eigenvalue weighted by molar-refractivity contribution is -0.384. The lowest BCUT2D eigenvalue weighted by Gasteiger charge is -2.38. The van der Waals surface area contributed by atoms with E-state index in [2.05, 4.69) is 10.2 Å². The van der Waals surface area contributed by atoms with Gasteiger partial charge in [-0.25, -0.2) is 0 Å². The second kappa shape index (κ2) is 4.71. The van der Waals surface area contributed by atoms with E-state index in [1.54, 1.807) is 6.07 Å². The van der Waals surface area contributed by atoms with E-state index in [-0.39, 0.29) is 10.6 Å². The van der Waals surface area contributed by atoms with Crippen LogP contribution in [-0.4, -0.2) is 30.6 Å². The van der Waals surface area contributed by atoms with Gasteiger partial charge in [-0.15, -0.1) is 0 Å². The molecule has 0 atom stereocenters. The third kappa shape index (κ3) is 2.24. The molecule has 5 heteroatoms. The van der Waals surface area contributed by atoms with Crippen molar-refractivity contribution in [1.29, 1.82) is 0 Å². The standard InChI is InChI=1S/C12H17N3O2/c1-3-14(10-7-13-8-10)11-5-4-9(2)6-12(11)15(16)17/h4-6,10,13H,3,7-8H2,1-2H3. The minimum atomic E-state index is -0.295. The monoisotopic (exact) mass is 235 g/mol. The number of anilines is 1. The van der Waals surface area contributed by atoms with Gasteiger partial charge in [-0.2, -0.15) is 0 Å². The number of nitro benzene ring substituents is 1. The van der Waals surface area contributed by atoms with Crippen molar-refractivity contribution in [2.75, 3.05) is 24.5 Å². The molecule has 0 unspecified atom stereocenters. The predicted octanol–water partition coefficient (Wildman–Crippen LogP) is 1.70. The van der Waals surface area contributed by atoms with E-state index in [1.807, 2.05) is 26.0 Å². The maximum absolute atomic E-state index is 11.1. The van der Waals surface area contributed by atoms with Crippen LogP contribution in [0.2, 0.25) is 0 Å². The van der Waals surface area contributed by atoms with Gasteiger partial charge in [-0.05, 0) is 25.5 Å². The highest BCUT2D eigenvalue weighted by Gasteiger charge is 2.28. The van der Waals surface area contributed by atoms with Crippen molar-refractivity contribution < 1.29 is 4.92 Å². The van der Waals surface area contributed by atoms with Gasteiger partial charge in [0.1, 0.15) is 5.69 Å². The zero-order valence-corrected chi connectivity index (χ0v) is 10.1. The summed E-state index contributed by atoms with van der Waals surface area (Å²) in [6, 6.07) is 5.80. The molecule has 92 valence electrons. The van der Waals surface area contributed by atoms with Crippen LogP contribution in [0.3, 0.4) is 0 Å². The number of aryl methyl sites for hydroxylation is 1. The number of hydrogen-bond acceptors (Lipinski definition) is 4. The van der Waals surface area contributed by atoms with Gasteiger partial charge in [0.25, 0.3) is 5.69 Å². The molecule has 0 saturated carbocycles. The summed E-state index contributed by atoms with van der Waals surface area (Å²) in [6.45, 7) is 6.49. The number of nitrogens with zero attached hydrogens (tertiary/aromatic N) is 2. The first-order valence-electron chi connectivity index (χ1n) is 5.86. The molecule has 0 aliphatic carbocycles. The Hall–Kier alpha value is -1.62. The smallest absolute Gasteiger partial charge is 0.292 e. The summed E-state index contributed by atoms with van der Waals surface area (Å²) in [4.78, 5) is 12.9. The van der Waals surface area contributed by atoms with Crippen LogP contribution in [0, 0.1) is 17.0 Å². The summed E-state index contributed by atoms with van der Waals surface area (Å²) in [6.07, 6.45) is 0. The van der Waals surface area contributed by atoms with E-state index in [1.165, 1.54) is 0 Å². The van der Waals surface area contributed by atoms with Crippen LogP contribution >= 0.6 is 0 Å². The van der Waals surface area contributed by atoms with Crippen LogP contribution in [0.1, 0.15) is 12.5 Å². The molecule has 1 aromatic carbocycles. The third-order valence-electron chi connectivity index (χ3n) is 3.18. The van der Waals surface area contributed by atoms with Crippen molar-refractivity contribution in [3.63, 3.8) is 0 Å². The third-order valence-corrected chi connectivity index (χ3v) is 3.18. The van der Waals surface area contributed by atoms with Gasteiger partial charge < -0.3 is 10.2 Å².